The number of hydrogen-bond acceptors (Lipinski definition) is 4. The average Bonchev–Trinajstić information content (AvgIpc) is 3.04. The van der Waals surface area contributed by atoms with Crippen molar-refractivity contribution in [2.75, 3.05) is 50.2 Å². The largest absolute Gasteiger partial charge is 0.384 e. The number of halogens is 2. The van der Waals surface area contributed by atoms with Gasteiger partial charge in [0.15, 0.2) is 0 Å². The van der Waals surface area contributed by atoms with Crippen LogP contribution in [0.1, 0.15) is 25.7 Å². The zero-order valence-electron chi connectivity index (χ0n) is 24.9. The van der Waals surface area contributed by atoms with Gasteiger partial charge in [-0.15, -0.1) is 0 Å². The van der Waals surface area contributed by atoms with Crippen LogP contribution in [0.25, 0.3) is 43.1 Å². The third-order valence-corrected chi connectivity index (χ3v) is 8.70. The molecule has 0 heterocycles. The SMILES string of the molecule is Clc1cccc2cc3c(NCCCOCCCCOCCCNc4cccc5cc6c(Cl)cccc6cc45)cccc3cc12. The number of nitrogens with one attached hydrogen (secondary N) is 2. The van der Waals surface area contributed by atoms with E-state index in [1.807, 2.05) is 24.3 Å². The van der Waals surface area contributed by atoms with Crippen LogP contribution in [0.2, 0.25) is 10.0 Å². The summed E-state index contributed by atoms with van der Waals surface area (Å²) in [6.45, 7) is 4.78. The minimum absolute atomic E-state index is 0.750. The van der Waals surface area contributed by atoms with Crippen LogP contribution in [0.15, 0.2) is 97.1 Å². The maximum atomic E-state index is 6.40. The molecule has 0 radical (unpaired) electrons. The molecule has 2 N–H and O–H groups in total. The van der Waals surface area contributed by atoms with E-state index in [0.717, 1.165) is 108 Å². The predicted molar refractivity (Wildman–Crippen MR) is 190 cm³/mol. The summed E-state index contributed by atoms with van der Waals surface area (Å²) in [6.07, 6.45) is 3.94. The van der Waals surface area contributed by atoms with Gasteiger partial charge in [-0.1, -0.05) is 71.7 Å². The summed E-state index contributed by atoms with van der Waals surface area (Å²) in [7, 11) is 0. The highest BCUT2D eigenvalue weighted by molar-refractivity contribution is 6.36. The quantitative estimate of drug-likeness (QED) is 0.0880. The molecule has 0 aliphatic rings. The van der Waals surface area contributed by atoms with Crippen molar-refractivity contribution in [3.8, 4) is 0 Å². The maximum Gasteiger partial charge on any atom is 0.0484 e. The molecule has 0 saturated heterocycles. The van der Waals surface area contributed by atoms with Gasteiger partial charge >= 0.3 is 0 Å². The van der Waals surface area contributed by atoms with Gasteiger partial charge < -0.3 is 20.1 Å². The molecule has 0 amide bonds. The lowest BCUT2D eigenvalue weighted by atomic mass is 10.0. The van der Waals surface area contributed by atoms with Crippen LogP contribution in [0, 0.1) is 0 Å². The van der Waals surface area contributed by atoms with E-state index in [1.54, 1.807) is 0 Å². The fourth-order valence-electron chi connectivity index (χ4n) is 5.74. The first kappa shape index (κ1) is 30.5. The zero-order chi connectivity index (χ0) is 30.1. The molecule has 0 fully saturated rings. The molecule has 0 aliphatic heterocycles. The Morgan fingerprint density at radius 1 is 0.432 bits per heavy atom. The van der Waals surface area contributed by atoms with Gasteiger partial charge in [0, 0.05) is 82.5 Å². The predicted octanol–water partition coefficient (Wildman–Crippen LogP) is 10.7. The Hall–Kier alpha value is -3.54. The molecule has 6 rings (SSSR count). The highest BCUT2D eigenvalue weighted by Gasteiger charge is 2.07. The molecule has 6 aromatic rings. The van der Waals surface area contributed by atoms with Gasteiger partial charge in [-0.05, 0) is 95.8 Å². The standard InChI is InChI=1S/C38H38Cl2N2O2/c39-35-13-3-9-27-25-33-29(23-31(27)35)11-5-15-37(33)41-17-7-21-43-19-1-2-20-44-22-8-18-42-38-16-6-12-30-24-32-28(26-34(30)38)10-4-14-36(32)40/h3-6,9-16,23-26,41-42H,1-2,7-8,17-22H2. The average molecular weight is 626 g/mol. The van der Waals surface area contributed by atoms with Crippen molar-refractivity contribution < 1.29 is 9.47 Å². The number of rotatable bonds is 15. The van der Waals surface area contributed by atoms with Gasteiger partial charge in [0.2, 0.25) is 0 Å². The first-order valence-electron chi connectivity index (χ1n) is 15.5. The number of ether oxygens (including phenoxy) is 2. The first-order chi connectivity index (χ1) is 21.7. The number of unbranched alkanes of at least 4 members (excludes halogenated alkanes) is 1. The number of fused-ring (bicyclic) bond motifs is 4. The molecular weight excluding hydrogens is 587 g/mol. The van der Waals surface area contributed by atoms with E-state index in [-0.39, 0.29) is 0 Å². The van der Waals surface area contributed by atoms with Crippen LogP contribution in [-0.2, 0) is 9.47 Å². The van der Waals surface area contributed by atoms with Gasteiger partial charge in [0.25, 0.3) is 0 Å². The molecule has 0 atom stereocenters. The van der Waals surface area contributed by atoms with Gasteiger partial charge in [-0.2, -0.15) is 0 Å². The Balaban J connectivity index is 0.828. The van der Waals surface area contributed by atoms with Gasteiger partial charge in [-0.25, -0.2) is 0 Å². The molecule has 0 unspecified atom stereocenters. The lowest BCUT2D eigenvalue weighted by Gasteiger charge is -2.12. The van der Waals surface area contributed by atoms with Crippen molar-refractivity contribution in [1.29, 1.82) is 0 Å². The molecule has 0 aliphatic carbocycles. The second kappa shape index (κ2) is 15.0. The minimum atomic E-state index is 0.750. The van der Waals surface area contributed by atoms with Crippen LogP contribution in [0.3, 0.4) is 0 Å². The molecule has 0 bridgehead atoms. The number of hydrogen-bond donors (Lipinski definition) is 2. The van der Waals surface area contributed by atoms with E-state index in [1.165, 1.54) is 21.5 Å². The minimum Gasteiger partial charge on any atom is -0.384 e. The Kier molecular flexibility index (Phi) is 10.4. The van der Waals surface area contributed by atoms with Crippen molar-refractivity contribution in [3.63, 3.8) is 0 Å². The topological polar surface area (TPSA) is 42.5 Å². The molecular formula is C38H38Cl2N2O2. The normalized spacial score (nSPS) is 11.6. The molecule has 0 aromatic heterocycles. The van der Waals surface area contributed by atoms with E-state index < -0.39 is 0 Å². The third-order valence-electron chi connectivity index (χ3n) is 8.04. The summed E-state index contributed by atoms with van der Waals surface area (Å²) in [5.41, 5.74) is 2.29. The van der Waals surface area contributed by atoms with Gasteiger partial charge in [-0.3, -0.25) is 0 Å². The van der Waals surface area contributed by atoms with Crippen LogP contribution >= 0.6 is 23.2 Å². The van der Waals surface area contributed by atoms with Crippen LogP contribution in [-0.4, -0.2) is 39.5 Å². The number of anilines is 2. The second-order valence-corrected chi connectivity index (χ2v) is 12.0. The summed E-state index contributed by atoms with van der Waals surface area (Å²) >= 11 is 12.8. The van der Waals surface area contributed by atoms with Crippen molar-refractivity contribution >= 4 is 77.7 Å². The Morgan fingerprint density at radius 3 is 1.25 bits per heavy atom. The lowest BCUT2D eigenvalue weighted by molar-refractivity contribution is 0.102. The molecule has 0 saturated carbocycles. The monoisotopic (exact) mass is 624 g/mol. The van der Waals surface area contributed by atoms with Gasteiger partial charge in [0.05, 0.1) is 0 Å². The summed E-state index contributed by atoms with van der Waals surface area (Å²) < 4.78 is 11.7. The van der Waals surface area contributed by atoms with Crippen molar-refractivity contribution in [2.45, 2.75) is 25.7 Å². The third kappa shape index (κ3) is 7.39. The molecule has 4 nitrogen and oxygen atoms in total. The summed E-state index contributed by atoms with van der Waals surface area (Å²) in [6, 6.07) is 33.6. The fraction of sp³-hybridized carbons (Fsp3) is 0.263. The van der Waals surface area contributed by atoms with Crippen LogP contribution in [0.4, 0.5) is 11.4 Å². The van der Waals surface area contributed by atoms with E-state index in [2.05, 4.69) is 83.4 Å². The molecule has 226 valence electrons. The van der Waals surface area contributed by atoms with Crippen LogP contribution < -0.4 is 10.6 Å². The maximum absolute atomic E-state index is 6.40. The first-order valence-corrected chi connectivity index (χ1v) is 16.3. The van der Waals surface area contributed by atoms with Crippen LogP contribution in [0.5, 0.6) is 0 Å². The van der Waals surface area contributed by atoms with Crippen molar-refractivity contribution in [3.05, 3.63) is 107 Å². The van der Waals surface area contributed by atoms with E-state index >= 15 is 0 Å². The molecule has 6 heteroatoms. The Morgan fingerprint density at radius 2 is 0.795 bits per heavy atom. The summed E-state index contributed by atoms with van der Waals surface area (Å²) in [5, 5.41) is 18.1. The molecule has 0 spiro atoms. The van der Waals surface area contributed by atoms with E-state index in [0.29, 0.717) is 0 Å². The highest BCUT2D eigenvalue weighted by atomic mass is 35.5. The molecule has 44 heavy (non-hydrogen) atoms. The highest BCUT2D eigenvalue weighted by Crippen LogP contribution is 2.33. The summed E-state index contributed by atoms with van der Waals surface area (Å²) in [5.74, 6) is 0. The summed E-state index contributed by atoms with van der Waals surface area (Å²) in [4.78, 5) is 0. The fourth-order valence-corrected chi connectivity index (χ4v) is 6.21. The lowest BCUT2D eigenvalue weighted by Crippen LogP contribution is -2.08. The Labute approximate surface area is 269 Å². The smallest absolute Gasteiger partial charge is 0.0484 e. The van der Waals surface area contributed by atoms with E-state index in [4.69, 9.17) is 32.7 Å². The zero-order valence-corrected chi connectivity index (χ0v) is 26.4. The van der Waals surface area contributed by atoms with E-state index in [9.17, 15) is 0 Å². The Bertz CT molecular complexity index is 1740. The van der Waals surface area contributed by atoms with Gasteiger partial charge in [0.1, 0.15) is 0 Å². The van der Waals surface area contributed by atoms with Crippen molar-refractivity contribution in [2.24, 2.45) is 0 Å². The number of benzene rings is 6. The van der Waals surface area contributed by atoms with Crippen molar-refractivity contribution in [1.82, 2.24) is 0 Å². The second-order valence-electron chi connectivity index (χ2n) is 11.2. The molecule has 6 aromatic carbocycles.